The molecule has 4 rings (SSSR count). The summed E-state index contributed by atoms with van der Waals surface area (Å²) in [5, 5.41) is 18.0. The van der Waals surface area contributed by atoms with Crippen LogP contribution in [0.1, 0.15) is 71.3 Å². The highest BCUT2D eigenvalue weighted by Gasteiger charge is 2.42. The molecule has 3 N–H and O–H groups in total. The molecule has 3 aliphatic rings. The number of hydrogen-bond acceptors (Lipinski definition) is 5. The van der Waals surface area contributed by atoms with Crippen molar-refractivity contribution in [3.8, 4) is 0 Å². The van der Waals surface area contributed by atoms with Crippen LogP contribution in [0.5, 0.6) is 0 Å². The van der Waals surface area contributed by atoms with Crippen molar-refractivity contribution in [2.75, 3.05) is 24.6 Å². The van der Waals surface area contributed by atoms with E-state index in [9.17, 15) is 14.7 Å². The minimum atomic E-state index is -0.759. The number of aliphatic hydroxyl groups is 1. The highest BCUT2D eigenvalue weighted by atomic mass is 32.2. The van der Waals surface area contributed by atoms with Gasteiger partial charge in [0.1, 0.15) is 0 Å². The molecule has 1 aromatic rings. The maximum Gasteiger partial charge on any atom is 0.237 e. The van der Waals surface area contributed by atoms with Crippen LogP contribution in [-0.4, -0.2) is 70.1 Å². The summed E-state index contributed by atoms with van der Waals surface area (Å²) >= 11 is 1.84. The quantitative estimate of drug-likeness (QED) is 0.474. The molecule has 2 saturated heterocycles. The van der Waals surface area contributed by atoms with Crippen molar-refractivity contribution in [2.45, 2.75) is 95.9 Å². The van der Waals surface area contributed by atoms with Crippen LogP contribution in [0.3, 0.4) is 0 Å². The van der Waals surface area contributed by atoms with Crippen LogP contribution in [0, 0.1) is 17.8 Å². The van der Waals surface area contributed by atoms with Gasteiger partial charge in [-0.25, -0.2) is 0 Å². The van der Waals surface area contributed by atoms with Crippen LogP contribution in [0.4, 0.5) is 0 Å². The third kappa shape index (κ3) is 8.21. The lowest BCUT2D eigenvalue weighted by Gasteiger charge is -2.47. The number of nitrogens with one attached hydrogen (secondary N) is 2. The number of carbonyl (C=O) groups is 2. The van der Waals surface area contributed by atoms with E-state index in [2.05, 4.69) is 27.7 Å². The standard InChI is InChI=1S/C30H47N3O3S/c1-30(2,3)32-29(36)26-17-22-12-7-8-13-23(22)18-33(26)19-27(34)25(16-21-10-5-4-6-11-21)31-28(35)24-14-9-15-37-20-24/h4-6,10-11,22-27,34H,7-9,12-20H2,1-3H3,(H,31,35)(H,32,36)/t22-,23+,24-,25-,26-,27+/m0/s1. The molecule has 3 fully saturated rings. The molecule has 37 heavy (non-hydrogen) atoms. The monoisotopic (exact) mass is 529 g/mol. The van der Waals surface area contributed by atoms with Gasteiger partial charge in [0.2, 0.25) is 11.8 Å². The first-order valence-electron chi connectivity index (χ1n) is 14.4. The van der Waals surface area contributed by atoms with Gasteiger partial charge in [0.25, 0.3) is 0 Å². The zero-order valence-electron chi connectivity index (χ0n) is 23.0. The molecule has 0 aromatic heterocycles. The molecule has 1 aliphatic carbocycles. The molecular weight excluding hydrogens is 482 g/mol. The van der Waals surface area contributed by atoms with Gasteiger partial charge in [0, 0.05) is 30.3 Å². The number of carbonyl (C=O) groups excluding carboxylic acids is 2. The van der Waals surface area contributed by atoms with Gasteiger partial charge in [-0.1, -0.05) is 49.6 Å². The molecule has 0 radical (unpaired) electrons. The van der Waals surface area contributed by atoms with Gasteiger partial charge in [-0.3, -0.25) is 14.5 Å². The maximum absolute atomic E-state index is 13.4. The van der Waals surface area contributed by atoms with Gasteiger partial charge in [0.15, 0.2) is 0 Å². The number of thioether (sulfide) groups is 1. The first-order chi connectivity index (χ1) is 17.7. The van der Waals surface area contributed by atoms with E-state index < -0.39 is 12.1 Å². The highest BCUT2D eigenvalue weighted by Crippen LogP contribution is 2.39. The largest absolute Gasteiger partial charge is 0.390 e. The number of benzene rings is 1. The fourth-order valence-electron chi connectivity index (χ4n) is 6.39. The summed E-state index contributed by atoms with van der Waals surface area (Å²) in [5.41, 5.74) is 0.796. The minimum Gasteiger partial charge on any atom is -0.390 e. The molecule has 6 nitrogen and oxygen atoms in total. The number of likely N-dealkylation sites (tertiary alicyclic amines) is 1. The molecule has 2 heterocycles. The average molecular weight is 530 g/mol. The van der Waals surface area contributed by atoms with Crippen molar-refractivity contribution in [2.24, 2.45) is 17.8 Å². The molecule has 0 spiro atoms. The minimum absolute atomic E-state index is 0.00696. The molecule has 2 aliphatic heterocycles. The molecule has 6 atom stereocenters. The fourth-order valence-corrected chi connectivity index (χ4v) is 7.53. The Hall–Kier alpha value is -1.57. The number of aliphatic hydroxyl groups excluding tert-OH is 1. The van der Waals surface area contributed by atoms with Gasteiger partial charge >= 0.3 is 0 Å². The lowest BCUT2D eigenvalue weighted by molar-refractivity contribution is -0.133. The van der Waals surface area contributed by atoms with Crippen LogP contribution >= 0.6 is 11.8 Å². The lowest BCUT2D eigenvalue weighted by atomic mass is 9.72. The van der Waals surface area contributed by atoms with E-state index in [-0.39, 0.29) is 29.3 Å². The zero-order valence-corrected chi connectivity index (χ0v) is 23.8. The van der Waals surface area contributed by atoms with E-state index in [1.165, 1.54) is 25.7 Å². The van der Waals surface area contributed by atoms with Crippen LogP contribution in [0.25, 0.3) is 0 Å². The van der Waals surface area contributed by atoms with Gasteiger partial charge in [-0.2, -0.15) is 11.8 Å². The molecule has 7 heteroatoms. The maximum atomic E-state index is 13.4. The number of rotatable bonds is 8. The first-order valence-corrected chi connectivity index (χ1v) is 15.5. The average Bonchev–Trinajstić information content (AvgIpc) is 2.88. The number of amides is 2. The first kappa shape index (κ1) is 28.4. The normalized spacial score (nSPS) is 28.5. The topological polar surface area (TPSA) is 81.7 Å². The van der Waals surface area contributed by atoms with E-state index in [0.717, 1.165) is 42.9 Å². The smallest absolute Gasteiger partial charge is 0.237 e. The van der Waals surface area contributed by atoms with Crippen molar-refractivity contribution in [3.05, 3.63) is 35.9 Å². The number of fused-ring (bicyclic) bond motifs is 1. The summed E-state index contributed by atoms with van der Waals surface area (Å²) in [6.45, 7) is 7.29. The number of hydrogen-bond donors (Lipinski definition) is 3. The Morgan fingerprint density at radius 1 is 1.05 bits per heavy atom. The van der Waals surface area contributed by atoms with E-state index in [1.54, 1.807) is 0 Å². The molecule has 206 valence electrons. The zero-order chi connectivity index (χ0) is 26.4. The van der Waals surface area contributed by atoms with Crippen molar-refractivity contribution in [1.29, 1.82) is 0 Å². The Balaban J connectivity index is 1.50. The number of piperidine rings is 1. The summed E-state index contributed by atoms with van der Waals surface area (Å²) in [7, 11) is 0. The predicted molar refractivity (Wildman–Crippen MR) is 151 cm³/mol. The van der Waals surface area contributed by atoms with E-state index >= 15 is 0 Å². The SMILES string of the molecule is CC(C)(C)NC(=O)[C@@H]1C[C@@H]2CCCC[C@@H]2CN1C[C@@H](O)[C@H](Cc1ccccc1)NC(=O)[C@H]1CCCSC1. The van der Waals surface area contributed by atoms with E-state index in [1.807, 2.05) is 50.7 Å². The molecular formula is C30H47N3O3S. The second-order valence-corrected chi connectivity index (χ2v) is 13.7. The molecule has 0 bridgehead atoms. The molecule has 1 saturated carbocycles. The highest BCUT2D eigenvalue weighted by molar-refractivity contribution is 7.99. The van der Waals surface area contributed by atoms with Crippen LogP contribution in [0.15, 0.2) is 30.3 Å². The summed E-state index contributed by atoms with van der Waals surface area (Å²) in [4.78, 5) is 28.8. The van der Waals surface area contributed by atoms with Crippen molar-refractivity contribution >= 4 is 23.6 Å². The second kappa shape index (κ2) is 13.0. The van der Waals surface area contributed by atoms with E-state index in [4.69, 9.17) is 0 Å². The van der Waals surface area contributed by atoms with Gasteiger partial charge < -0.3 is 15.7 Å². The Morgan fingerprint density at radius 2 is 1.78 bits per heavy atom. The van der Waals surface area contributed by atoms with Gasteiger partial charge in [-0.05, 0) is 76.0 Å². The summed E-state index contributed by atoms with van der Waals surface area (Å²) < 4.78 is 0. The summed E-state index contributed by atoms with van der Waals surface area (Å²) in [6, 6.07) is 9.45. The van der Waals surface area contributed by atoms with Crippen molar-refractivity contribution in [1.82, 2.24) is 15.5 Å². The molecule has 1 aromatic carbocycles. The van der Waals surface area contributed by atoms with Gasteiger partial charge in [-0.15, -0.1) is 0 Å². The third-order valence-corrected chi connectivity index (χ3v) is 9.56. The third-order valence-electron chi connectivity index (χ3n) is 8.35. The Bertz CT molecular complexity index is 884. The van der Waals surface area contributed by atoms with Crippen molar-refractivity contribution < 1.29 is 14.7 Å². The van der Waals surface area contributed by atoms with Crippen LogP contribution in [0.2, 0.25) is 0 Å². The molecule has 0 unspecified atom stereocenters. The second-order valence-electron chi connectivity index (χ2n) is 12.5. The predicted octanol–water partition coefficient (Wildman–Crippen LogP) is 4.01. The summed E-state index contributed by atoms with van der Waals surface area (Å²) in [6.07, 6.45) is 7.56. The Kier molecular flexibility index (Phi) is 9.98. The number of β-amino-alcohol motifs (C(OH)–C–C–N with tert-alkyl or cyclic N) is 1. The lowest BCUT2D eigenvalue weighted by Crippen LogP contribution is -2.60. The summed E-state index contributed by atoms with van der Waals surface area (Å²) in [5.74, 6) is 3.26. The van der Waals surface area contributed by atoms with E-state index in [0.29, 0.717) is 24.8 Å². The Labute approximate surface area is 227 Å². The number of nitrogens with zero attached hydrogens (tertiary/aromatic N) is 1. The fraction of sp³-hybridized carbons (Fsp3) is 0.733. The Morgan fingerprint density at radius 3 is 2.46 bits per heavy atom. The van der Waals surface area contributed by atoms with Crippen LogP contribution in [-0.2, 0) is 16.0 Å². The van der Waals surface area contributed by atoms with Gasteiger partial charge in [0.05, 0.1) is 18.2 Å². The van der Waals surface area contributed by atoms with Crippen LogP contribution < -0.4 is 10.6 Å². The van der Waals surface area contributed by atoms with Crippen molar-refractivity contribution in [3.63, 3.8) is 0 Å². The molecule has 2 amide bonds.